The van der Waals surface area contributed by atoms with E-state index in [1.807, 2.05) is 7.05 Å². The first kappa shape index (κ1) is 23.9. The van der Waals surface area contributed by atoms with Crippen LogP contribution in [0.15, 0.2) is 16.6 Å². The fraction of sp³-hybridized carbons (Fsp3) is 0.864. The molecule has 0 unspecified atom stereocenters. The molecule has 1 N–H and O–H groups in total. The fourth-order valence-electron chi connectivity index (χ4n) is 4.89. The van der Waals surface area contributed by atoms with Crippen LogP contribution in [0.1, 0.15) is 52.4 Å². The predicted molar refractivity (Wildman–Crippen MR) is 129 cm³/mol. The van der Waals surface area contributed by atoms with Gasteiger partial charge in [-0.15, -0.1) is 24.0 Å². The number of nitrogens with zero attached hydrogens (tertiary/aromatic N) is 3. The highest BCUT2D eigenvalue weighted by atomic mass is 127. The Balaban J connectivity index is 0.00000280. The molecule has 1 saturated carbocycles. The van der Waals surface area contributed by atoms with E-state index < -0.39 is 0 Å². The monoisotopic (exact) mass is 504 g/mol. The number of hydrogen-bond acceptors (Lipinski definition) is 3. The topological polar surface area (TPSA) is 40.1 Å². The van der Waals surface area contributed by atoms with Crippen molar-refractivity contribution in [3.8, 4) is 0 Å². The van der Waals surface area contributed by atoms with E-state index in [0.717, 1.165) is 69.5 Å². The number of nitrogens with one attached hydrogen (secondary N) is 1. The van der Waals surface area contributed by atoms with Crippen molar-refractivity contribution in [3.63, 3.8) is 0 Å². The molecule has 2 fully saturated rings. The standard InChI is InChI=1S/C22H40N4O.HI/c1-18(2)20-4-6-21(7-5-20)25-12-14-26(15-13-25)22(23-3)24-11-8-19-9-16-27-17-10-19;/h9,18,20-21H,4-8,10-17H2,1-3H3,(H,23,24);1H. The van der Waals surface area contributed by atoms with E-state index in [2.05, 4.69) is 40.0 Å². The van der Waals surface area contributed by atoms with E-state index in [9.17, 15) is 0 Å². The highest BCUT2D eigenvalue weighted by Crippen LogP contribution is 2.32. The lowest BCUT2D eigenvalue weighted by molar-refractivity contribution is 0.0864. The number of piperazine rings is 1. The summed E-state index contributed by atoms with van der Waals surface area (Å²) < 4.78 is 5.39. The van der Waals surface area contributed by atoms with Crippen LogP contribution in [0.25, 0.3) is 0 Å². The Hall–Kier alpha value is -0.340. The van der Waals surface area contributed by atoms with Crippen LogP contribution < -0.4 is 5.32 Å². The molecule has 0 aromatic heterocycles. The van der Waals surface area contributed by atoms with E-state index in [-0.39, 0.29) is 24.0 Å². The normalized spacial score (nSPS) is 27.4. The number of ether oxygens (including phenoxy) is 1. The second-order valence-corrected chi connectivity index (χ2v) is 8.75. The molecule has 3 aliphatic rings. The largest absolute Gasteiger partial charge is 0.377 e. The predicted octanol–water partition coefficient (Wildman–Crippen LogP) is 3.75. The van der Waals surface area contributed by atoms with Crippen LogP contribution in [0.4, 0.5) is 0 Å². The summed E-state index contributed by atoms with van der Waals surface area (Å²) >= 11 is 0. The van der Waals surface area contributed by atoms with E-state index in [1.54, 1.807) is 0 Å². The van der Waals surface area contributed by atoms with E-state index in [0.29, 0.717) is 0 Å². The lowest BCUT2D eigenvalue weighted by Crippen LogP contribution is -2.55. The zero-order chi connectivity index (χ0) is 19.1. The lowest BCUT2D eigenvalue weighted by atomic mass is 9.79. The number of aliphatic imine (C=N–C) groups is 1. The summed E-state index contributed by atoms with van der Waals surface area (Å²) in [7, 11) is 1.91. The SMILES string of the molecule is CN=C(NCCC1=CCOCC1)N1CCN(C2CCC(C(C)C)CC2)CC1.I. The molecule has 2 aliphatic heterocycles. The van der Waals surface area contributed by atoms with Gasteiger partial charge >= 0.3 is 0 Å². The van der Waals surface area contributed by atoms with Crippen molar-refractivity contribution in [1.82, 2.24) is 15.1 Å². The van der Waals surface area contributed by atoms with Crippen molar-refractivity contribution in [2.75, 3.05) is 53.0 Å². The van der Waals surface area contributed by atoms with Gasteiger partial charge in [-0.1, -0.05) is 25.5 Å². The Morgan fingerprint density at radius 3 is 2.46 bits per heavy atom. The third-order valence-corrected chi connectivity index (χ3v) is 6.81. The first-order chi connectivity index (χ1) is 13.2. The summed E-state index contributed by atoms with van der Waals surface area (Å²) in [6.07, 6.45) is 10.1. The molecule has 6 heteroatoms. The van der Waals surface area contributed by atoms with Crippen molar-refractivity contribution < 1.29 is 4.74 Å². The Bertz CT molecular complexity index is 507. The minimum atomic E-state index is 0. The van der Waals surface area contributed by atoms with Gasteiger partial charge in [-0.2, -0.15) is 0 Å². The van der Waals surface area contributed by atoms with Crippen molar-refractivity contribution in [2.24, 2.45) is 16.8 Å². The number of halogens is 1. The summed E-state index contributed by atoms with van der Waals surface area (Å²) in [5.74, 6) is 2.89. The molecule has 0 spiro atoms. The molecule has 162 valence electrons. The average molecular weight is 505 g/mol. The van der Waals surface area contributed by atoms with Gasteiger partial charge < -0.3 is 15.0 Å². The molecule has 0 bridgehead atoms. The van der Waals surface area contributed by atoms with Crippen LogP contribution >= 0.6 is 24.0 Å². The molecular formula is C22H41IN4O. The van der Waals surface area contributed by atoms with Crippen molar-refractivity contribution >= 4 is 29.9 Å². The van der Waals surface area contributed by atoms with Crippen molar-refractivity contribution in [3.05, 3.63) is 11.6 Å². The molecular weight excluding hydrogens is 463 g/mol. The van der Waals surface area contributed by atoms with Crippen LogP contribution in [0.5, 0.6) is 0 Å². The smallest absolute Gasteiger partial charge is 0.193 e. The highest BCUT2D eigenvalue weighted by molar-refractivity contribution is 14.0. The Morgan fingerprint density at radius 2 is 1.89 bits per heavy atom. The Morgan fingerprint density at radius 1 is 1.18 bits per heavy atom. The third kappa shape index (κ3) is 6.87. The first-order valence-electron chi connectivity index (χ1n) is 11.1. The van der Waals surface area contributed by atoms with Crippen LogP contribution in [0, 0.1) is 11.8 Å². The minimum Gasteiger partial charge on any atom is -0.377 e. The van der Waals surface area contributed by atoms with Crippen LogP contribution in [0.3, 0.4) is 0 Å². The molecule has 0 aromatic carbocycles. The summed E-state index contributed by atoms with van der Waals surface area (Å²) in [6, 6.07) is 0.817. The lowest BCUT2D eigenvalue weighted by Gasteiger charge is -2.43. The maximum Gasteiger partial charge on any atom is 0.193 e. The summed E-state index contributed by atoms with van der Waals surface area (Å²) in [5.41, 5.74) is 1.52. The molecule has 3 rings (SSSR count). The zero-order valence-corrected chi connectivity index (χ0v) is 20.5. The second-order valence-electron chi connectivity index (χ2n) is 8.75. The molecule has 0 radical (unpaired) electrons. The van der Waals surface area contributed by atoms with Gasteiger partial charge in [0.05, 0.1) is 13.2 Å². The van der Waals surface area contributed by atoms with Gasteiger partial charge in [-0.3, -0.25) is 9.89 Å². The number of hydrogen-bond donors (Lipinski definition) is 1. The third-order valence-electron chi connectivity index (χ3n) is 6.81. The molecule has 2 heterocycles. The fourth-order valence-corrected chi connectivity index (χ4v) is 4.89. The highest BCUT2D eigenvalue weighted by Gasteiger charge is 2.29. The van der Waals surface area contributed by atoms with Crippen LogP contribution in [0.2, 0.25) is 0 Å². The van der Waals surface area contributed by atoms with Crippen LogP contribution in [-0.2, 0) is 4.74 Å². The maximum atomic E-state index is 5.39. The quantitative estimate of drug-likeness (QED) is 0.268. The van der Waals surface area contributed by atoms with Crippen molar-refractivity contribution in [1.29, 1.82) is 0 Å². The molecule has 1 aliphatic carbocycles. The summed E-state index contributed by atoms with van der Waals surface area (Å²) in [4.78, 5) is 9.71. The van der Waals surface area contributed by atoms with Crippen molar-refractivity contribution in [2.45, 2.75) is 58.4 Å². The second kappa shape index (κ2) is 12.4. The Labute approximate surface area is 189 Å². The van der Waals surface area contributed by atoms with Gasteiger partial charge in [-0.25, -0.2) is 0 Å². The number of rotatable bonds is 5. The van der Waals surface area contributed by atoms with Gasteiger partial charge in [0.25, 0.3) is 0 Å². The molecule has 1 saturated heterocycles. The van der Waals surface area contributed by atoms with Crippen LogP contribution in [-0.4, -0.2) is 74.8 Å². The van der Waals surface area contributed by atoms with Gasteiger partial charge in [0.1, 0.15) is 0 Å². The van der Waals surface area contributed by atoms with Gasteiger partial charge in [0, 0.05) is 45.8 Å². The van der Waals surface area contributed by atoms with E-state index in [1.165, 1.54) is 44.3 Å². The Kier molecular flexibility index (Phi) is 10.6. The molecule has 0 atom stereocenters. The first-order valence-corrected chi connectivity index (χ1v) is 11.1. The van der Waals surface area contributed by atoms with Gasteiger partial charge in [-0.05, 0) is 50.4 Å². The van der Waals surface area contributed by atoms with Gasteiger partial charge in [0.15, 0.2) is 5.96 Å². The summed E-state index contributed by atoms with van der Waals surface area (Å²) in [5, 5.41) is 3.57. The average Bonchev–Trinajstić information content (AvgIpc) is 2.72. The van der Waals surface area contributed by atoms with E-state index in [4.69, 9.17) is 4.74 Å². The number of guanidine groups is 1. The van der Waals surface area contributed by atoms with E-state index >= 15 is 0 Å². The molecule has 0 amide bonds. The molecule has 5 nitrogen and oxygen atoms in total. The molecule has 28 heavy (non-hydrogen) atoms. The summed E-state index contributed by atoms with van der Waals surface area (Å²) in [6.45, 7) is 12.0. The zero-order valence-electron chi connectivity index (χ0n) is 18.2. The van der Waals surface area contributed by atoms with Gasteiger partial charge in [0.2, 0.25) is 0 Å². The maximum absolute atomic E-state index is 5.39. The minimum absolute atomic E-state index is 0. The molecule has 0 aromatic rings.